The number of nitrogens with two attached hydrogens (primary N) is 1. The second kappa shape index (κ2) is 8.47. The molecule has 3 N–H and O–H groups in total. The molecular weight excluding hydrogens is 370 g/mol. The van der Waals surface area contributed by atoms with Crippen molar-refractivity contribution in [2.24, 2.45) is 12.8 Å². The standard InChI is InChI=1S/C21H21N5O3/c1-13-7-6-10-16(23-13)18-15(12-26(2)25-18)21(29)24-17(19(27)20(22)28)11-14-8-4-3-5-9-14/h3-10,12,17H,11H2,1-2H3,(H2,22,28)(H,24,29). The zero-order chi connectivity index (χ0) is 21.0. The fraction of sp³-hybridized carbons (Fsp3) is 0.190. The number of hydrogen-bond donors (Lipinski definition) is 2. The number of Topliss-reactive ketones (excluding diaryl/α,β-unsaturated/α-hetero) is 1. The lowest BCUT2D eigenvalue weighted by Gasteiger charge is -2.16. The number of aryl methyl sites for hydroxylation is 2. The van der Waals surface area contributed by atoms with E-state index in [2.05, 4.69) is 15.4 Å². The summed E-state index contributed by atoms with van der Waals surface area (Å²) in [6, 6.07) is 13.4. The Morgan fingerprint density at radius 3 is 2.48 bits per heavy atom. The van der Waals surface area contributed by atoms with Crippen LogP contribution in [-0.4, -0.2) is 38.4 Å². The highest BCUT2D eigenvalue weighted by atomic mass is 16.2. The number of pyridine rings is 1. The van der Waals surface area contributed by atoms with Gasteiger partial charge in [0.2, 0.25) is 5.78 Å². The van der Waals surface area contributed by atoms with Crippen molar-refractivity contribution in [1.29, 1.82) is 0 Å². The summed E-state index contributed by atoms with van der Waals surface area (Å²) < 4.78 is 1.50. The predicted octanol–water partition coefficient (Wildman–Crippen LogP) is 1.19. The third kappa shape index (κ3) is 4.73. The van der Waals surface area contributed by atoms with E-state index in [1.165, 1.54) is 4.68 Å². The van der Waals surface area contributed by atoms with Crippen LogP contribution in [0, 0.1) is 6.92 Å². The molecule has 3 aromatic rings. The smallest absolute Gasteiger partial charge is 0.287 e. The van der Waals surface area contributed by atoms with Gasteiger partial charge in [-0.1, -0.05) is 36.4 Å². The lowest BCUT2D eigenvalue weighted by Crippen LogP contribution is -2.47. The Balaban J connectivity index is 1.90. The minimum atomic E-state index is -1.10. The van der Waals surface area contributed by atoms with E-state index in [4.69, 9.17) is 5.73 Å². The number of benzene rings is 1. The summed E-state index contributed by atoms with van der Waals surface area (Å²) in [5.41, 5.74) is 7.93. The molecule has 0 saturated carbocycles. The average molecular weight is 391 g/mol. The van der Waals surface area contributed by atoms with Gasteiger partial charge in [0.05, 0.1) is 11.3 Å². The van der Waals surface area contributed by atoms with Crippen LogP contribution < -0.4 is 11.1 Å². The molecule has 2 heterocycles. The van der Waals surface area contributed by atoms with Gasteiger partial charge in [0, 0.05) is 25.4 Å². The summed E-state index contributed by atoms with van der Waals surface area (Å²) in [6.45, 7) is 1.84. The van der Waals surface area contributed by atoms with E-state index in [1.807, 2.05) is 37.3 Å². The van der Waals surface area contributed by atoms with Crippen molar-refractivity contribution < 1.29 is 14.4 Å². The maximum atomic E-state index is 13.0. The quantitative estimate of drug-likeness (QED) is 0.586. The molecule has 0 spiro atoms. The van der Waals surface area contributed by atoms with Gasteiger partial charge in [-0.3, -0.25) is 24.0 Å². The SMILES string of the molecule is Cc1cccc(-c2nn(C)cc2C(=O)NC(Cc2ccccc2)C(=O)C(N)=O)n1. The van der Waals surface area contributed by atoms with E-state index < -0.39 is 23.6 Å². The Morgan fingerprint density at radius 2 is 1.83 bits per heavy atom. The molecule has 0 radical (unpaired) electrons. The maximum absolute atomic E-state index is 13.0. The summed E-state index contributed by atoms with van der Waals surface area (Å²) in [5.74, 6) is -2.49. The second-order valence-corrected chi connectivity index (χ2v) is 6.67. The van der Waals surface area contributed by atoms with E-state index in [-0.39, 0.29) is 12.0 Å². The van der Waals surface area contributed by atoms with Gasteiger partial charge in [-0.05, 0) is 24.6 Å². The highest BCUT2D eigenvalue weighted by Crippen LogP contribution is 2.20. The van der Waals surface area contributed by atoms with Gasteiger partial charge in [0.1, 0.15) is 11.7 Å². The molecule has 2 aromatic heterocycles. The minimum Gasteiger partial charge on any atom is -0.363 e. The number of ketones is 1. The van der Waals surface area contributed by atoms with Gasteiger partial charge < -0.3 is 11.1 Å². The second-order valence-electron chi connectivity index (χ2n) is 6.67. The molecule has 8 heteroatoms. The van der Waals surface area contributed by atoms with Crippen LogP contribution in [0.2, 0.25) is 0 Å². The lowest BCUT2D eigenvalue weighted by atomic mass is 10.0. The van der Waals surface area contributed by atoms with Crippen molar-refractivity contribution in [1.82, 2.24) is 20.1 Å². The summed E-state index contributed by atoms with van der Waals surface area (Å²) >= 11 is 0. The summed E-state index contributed by atoms with van der Waals surface area (Å²) in [6.07, 6.45) is 1.69. The molecule has 1 aromatic carbocycles. The number of amides is 2. The summed E-state index contributed by atoms with van der Waals surface area (Å²) in [7, 11) is 1.69. The topological polar surface area (TPSA) is 120 Å². The van der Waals surface area contributed by atoms with Gasteiger partial charge in [-0.25, -0.2) is 0 Å². The molecule has 1 unspecified atom stereocenters. The Morgan fingerprint density at radius 1 is 1.10 bits per heavy atom. The number of primary amides is 1. The van der Waals surface area contributed by atoms with Gasteiger partial charge in [-0.15, -0.1) is 0 Å². The van der Waals surface area contributed by atoms with E-state index in [9.17, 15) is 14.4 Å². The van der Waals surface area contributed by atoms with E-state index in [0.717, 1.165) is 11.3 Å². The Labute approximate surface area is 167 Å². The number of nitrogens with zero attached hydrogens (tertiary/aromatic N) is 3. The summed E-state index contributed by atoms with van der Waals surface area (Å²) in [4.78, 5) is 41.2. The van der Waals surface area contributed by atoms with Crippen molar-refractivity contribution in [2.45, 2.75) is 19.4 Å². The van der Waals surface area contributed by atoms with Crippen LogP contribution in [0.1, 0.15) is 21.6 Å². The van der Waals surface area contributed by atoms with Gasteiger partial charge >= 0.3 is 0 Å². The van der Waals surface area contributed by atoms with Crippen molar-refractivity contribution in [2.75, 3.05) is 0 Å². The normalized spacial score (nSPS) is 11.7. The molecule has 3 rings (SSSR count). The number of carbonyl (C=O) groups is 3. The molecular formula is C21H21N5O3. The first-order chi connectivity index (χ1) is 13.8. The first kappa shape index (κ1) is 19.9. The highest BCUT2D eigenvalue weighted by Gasteiger charge is 2.28. The maximum Gasteiger partial charge on any atom is 0.287 e. The van der Waals surface area contributed by atoms with Crippen molar-refractivity contribution in [3.8, 4) is 11.4 Å². The molecule has 0 aliphatic rings. The molecule has 1 atom stereocenters. The van der Waals surface area contributed by atoms with Crippen LogP contribution in [0.4, 0.5) is 0 Å². The molecule has 0 bridgehead atoms. The van der Waals surface area contributed by atoms with Crippen LogP contribution >= 0.6 is 0 Å². The number of carbonyl (C=O) groups excluding carboxylic acids is 3. The van der Waals surface area contributed by atoms with Crippen LogP contribution in [0.25, 0.3) is 11.4 Å². The third-order valence-corrected chi connectivity index (χ3v) is 4.35. The molecule has 0 saturated heterocycles. The van der Waals surface area contributed by atoms with Crippen LogP contribution in [0.5, 0.6) is 0 Å². The zero-order valence-electron chi connectivity index (χ0n) is 16.1. The van der Waals surface area contributed by atoms with Gasteiger partial charge in [-0.2, -0.15) is 5.10 Å². The predicted molar refractivity (Wildman–Crippen MR) is 107 cm³/mol. The van der Waals surface area contributed by atoms with Gasteiger partial charge in [0.15, 0.2) is 0 Å². The lowest BCUT2D eigenvalue weighted by molar-refractivity contribution is -0.137. The zero-order valence-corrected chi connectivity index (χ0v) is 16.1. The van der Waals surface area contributed by atoms with Crippen molar-refractivity contribution >= 4 is 17.6 Å². The van der Waals surface area contributed by atoms with E-state index in [0.29, 0.717) is 11.4 Å². The molecule has 0 aliphatic carbocycles. The molecule has 8 nitrogen and oxygen atoms in total. The number of hydrogen-bond acceptors (Lipinski definition) is 5. The third-order valence-electron chi connectivity index (χ3n) is 4.35. The molecule has 148 valence electrons. The van der Waals surface area contributed by atoms with Crippen LogP contribution in [-0.2, 0) is 23.1 Å². The Hall–Kier alpha value is -3.81. The first-order valence-corrected chi connectivity index (χ1v) is 9.01. The average Bonchev–Trinajstić information content (AvgIpc) is 3.09. The fourth-order valence-corrected chi connectivity index (χ4v) is 2.99. The Bertz CT molecular complexity index is 1060. The molecule has 0 fully saturated rings. The summed E-state index contributed by atoms with van der Waals surface area (Å²) in [5, 5.41) is 6.96. The van der Waals surface area contributed by atoms with Crippen molar-refractivity contribution in [3.63, 3.8) is 0 Å². The number of rotatable bonds is 7. The number of aromatic nitrogens is 3. The van der Waals surface area contributed by atoms with Crippen LogP contribution in [0.3, 0.4) is 0 Å². The van der Waals surface area contributed by atoms with Crippen LogP contribution in [0.15, 0.2) is 54.7 Å². The fourth-order valence-electron chi connectivity index (χ4n) is 2.99. The minimum absolute atomic E-state index is 0.145. The van der Waals surface area contributed by atoms with Crippen molar-refractivity contribution in [3.05, 3.63) is 71.5 Å². The monoisotopic (exact) mass is 391 g/mol. The molecule has 0 aliphatic heterocycles. The highest BCUT2D eigenvalue weighted by molar-refractivity contribution is 6.38. The Kier molecular flexibility index (Phi) is 5.82. The first-order valence-electron chi connectivity index (χ1n) is 9.01. The largest absolute Gasteiger partial charge is 0.363 e. The number of nitrogens with one attached hydrogen (secondary N) is 1. The molecule has 29 heavy (non-hydrogen) atoms. The van der Waals surface area contributed by atoms with E-state index >= 15 is 0 Å². The van der Waals surface area contributed by atoms with Gasteiger partial charge in [0.25, 0.3) is 11.8 Å². The molecule has 2 amide bonds. The van der Waals surface area contributed by atoms with E-state index in [1.54, 1.807) is 31.4 Å².